The predicted molar refractivity (Wildman–Crippen MR) is 49.9 cm³/mol. The molecule has 0 saturated carbocycles. The molecular formula is C9H14N4. The van der Waals surface area contributed by atoms with E-state index in [0.717, 1.165) is 18.8 Å². The molecule has 0 bridgehead atoms. The number of nitrogens with zero attached hydrogens (tertiary/aromatic N) is 3. The summed E-state index contributed by atoms with van der Waals surface area (Å²) >= 11 is 0. The summed E-state index contributed by atoms with van der Waals surface area (Å²) in [5, 5.41) is 12.0. The highest BCUT2D eigenvalue weighted by molar-refractivity contribution is 5.13. The summed E-state index contributed by atoms with van der Waals surface area (Å²) in [5.41, 5.74) is 0.937. The van der Waals surface area contributed by atoms with Gasteiger partial charge in [0.05, 0.1) is 24.3 Å². The van der Waals surface area contributed by atoms with Crippen molar-refractivity contribution in [3.8, 4) is 6.07 Å². The van der Waals surface area contributed by atoms with E-state index in [-0.39, 0.29) is 6.04 Å². The van der Waals surface area contributed by atoms with Crippen molar-refractivity contribution in [2.45, 2.75) is 26.4 Å². The third-order valence-electron chi connectivity index (χ3n) is 1.92. The van der Waals surface area contributed by atoms with Crippen LogP contribution in [0.15, 0.2) is 12.5 Å². The minimum atomic E-state index is -0.243. The number of nitriles is 1. The van der Waals surface area contributed by atoms with Gasteiger partial charge < -0.3 is 4.57 Å². The zero-order valence-corrected chi connectivity index (χ0v) is 7.99. The summed E-state index contributed by atoms with van der Waals surface area (Å²) in [7, 11) is 0. The van der Waals surface area contributed by atoms with Crippen molar-refractivity contribution in [3.05, 3.63) is 18.2 Å². The fraction of sp³-hybridized carbons (Fsp3) is 0.556. The highest BCUT2D eigenvalue weighted by atomic mass is 15.1. The number of aromatic nitrogens is 2. The Hall–Kier alpha value is -1.34. The van der Waals surface area contributed by atoms with E-state index in [9.17, 15) is 0 Å². The van der Waals surface area contributed by atoms with Gasteiger partial charge in [0.25, 0.3) is 0 Å². The van der Waals surface area contributed by atoms with Gasteiger partial charge in [0, 0.05) is 6.54 Å². The maximum atomic E-state index is 8.90. The van der Waals surface area contributed by atoms with Crippen molar-refractivity contribution >= 4 is 0 Å². The van der Waals surface area contributed by atoms with Gasteiger partial charge in [0.1, 0.15) is 6.04 Å². The van der Waals surface area contributed by atoms with Crippen molar-refractivity contribution in [2.75, 3.05) is 6.54 Å². The standard InChI is InChI=1S/C9H14N4/c1-3-12-8(5-10)9-6-11-7-13(9)4-2/h6-8,12H,3-4H2,1-2H3. The minimum Gasteiger partial charge on any atom is -0.333 e. The Morgan fingerprint density at radius 2 is 2.46 bits per heavy atom. The fourth-order valence-electron chi connectivity index (χ4n) is 1.26. The molecule has 0 radical (unpaired) electrons. The molecule has 0 aliphatic heterocycles. The van der Waals surface area contributed by atoms with E-state index in [0.29, 0.717) is 0 Å². The number of imidazole rings is 1. The first-order valence-corrected chi connectivity index (χ1v) is 4.46. The first-order chi connectivity index (χ1) is 6.33. The van der Waals surface area contributed by atoms with E-state index in [4.69, 9.17) is 5.26 Å². The van der Waals surface area contributed by atoms with Crippen LogP contribution in [0.2, 0.25) is 0 Å². The van der Waals surface area contributed by atoms with Crippen LogP contribution < -0.4 is 5.32 Å². The van der Waals surface area contributed by atoms with Gasteiger partial charge in [0.2, 0.25) is 0 Å². The molecule has 4 heteroatoms. The van der Waals surface area contributed by atoms with E-state index in [1.54, 1.807) is 12.5 Å². The van der Waals surface area contributed by atoms with Gasteiger partial charge >= 0.3 is 0 Å². The van der Waals surface area contributed by atoms with Crippen LogP contribution in [0.5, 0.6) is 0 Å². The third-order valence-corrected chi connectivity index (χ3v) is 1.92. The number of hydrogen-bond donors (Lipinski definition) is 1. The molecule has 0 aromatic carbocycles. The largest absolute Gasteiger partial charge is 0.333 e. The number of hydrogen-bond acceptors (Lipinski definition) is 3. The Morgan fingerprint density at radius 3 is 3.00 bits per heavy atom. The van der Waals surface area contributed by atoms with E-state index in [2.05, 4.69) is 16.4 Å². The second-order valence-electron chi connectivity index (χ2n) is 2.72. The monoisotopic (exact) mass is 178 g/mol. The molecule has 0 saturated heterocycles. The molecule has 1 aromatic rings. The van der Waals surface area contributed by atoms with Crippen LogP contribution in [0, 0.1) is 11.3 Å². The van der Waals surface area contributed by atoms with Crippen molar-refractivity contribution in [1.29, 1.82) is 5.26 Å². The Kier molecular flexibility index (Phi) is 3.47. The van der Waals surface area contributed by atoms with Crippen molar-refractivity contribution < 1.29 is 0 Å². The SMILES string of the molecule is CCNC(C#N)c1cncn1CC. The lowest BCUT2D eigenvalue weighted by atomic mass is 10.2. The Balaban J connectivity index is 2.85. The molecule has 0 fully saturated rings. The molecule has 1 aromatic heterocycles. The lowest BCUT2D eigenvalue weighted by Crippen LogP contribution is -2.21. The molecule has 1 unspecified atom stereocenters. The minimum absolute atomic E-state index is 0.243. The van der Waals surface area contributed by atoms with Crippen LogP contribution in [-0.2, 0) is 6.54 Å². The van der Waals surface area contributed by atoms with Crippen LogP contribution in [0.3, 0.4) is 0 Å². The summed E-state index contributed by atoms with van der Waals surface area (Å²) in [4.78, 5) is 4.02. The normalized spacial score (nSPS) is 12.4. The van der Waals surface area contributed by atoms with Crippen molar-refractivity contribution in [3.63, 3.8) is 0 Å². The molecule has 0 aliphatic carbocycles. The summed E-state index contributed by atoms with van der Waals surface area (Å²) in [6, 6.07) is 1.97. The Morgan fingerprint density at radius 1 is 1.69 bits per heavy atom. The predicted octanol–water partition coefficient (Wildman–Crippen LogP) is 1.08. The average Bonchev–Trinajstić information content (AvgIpc) is 2.61. The van der Waals surface area contributed by atoms with Crippen LogP contribution in [-0.4, -0.2) is 16.1 Å². The quantitative estimate of drug-likeness (QED) is 0.750. The zero-order valence-electron chi connectivity index (χ0n) is 7.99. The second kappa shape index (κ2) is 4.63. The molecule has 0 spiro atoms. The maximum absolute atomic E-state index is 8.90. The Labute approximate surface area is 78.2 Å². The van der Waals surface area contributed by atoms with Crippen molar-refractivity contribution in [1.82, 2.24) is 14.9 Å². The molecule has 1 atom stereocenters. The van der Waals surface area contributed by atoms with Gasteiger partial charge in [-0.3, -0.25) is 5.32 Å². The van der Waals surface area contributed by atoms with Crippen LogP contribution in [0.1, 0.15) is 25.6 Å². The molecule has 1 rings (SSSR count). The highest BCUT2D eigenvalue weighted by Crippen LogP contribution is 2.10. The second-order valence-corrected chi connectivity index (χ2v) is 2.72. The first-order valence-electron chi connectivity index (χ1n) is 4.46. The zero-order chi connectivity index (χ0) is 9.68. The van der Waals surface area contributed by atoms with Gasteiger partial charge in [0.15, 0.2) is 0 Å². The van der Waals surface area contributed by atoms with E-state index >= 15 is 0 Å². The smallest absolute Gasteiger partial charge is 0.138 e. The molecule has 0 amide bonds. The lowest BCUT2D eigenvalue weighted by molar-refractivity contribution is 0.596. The van der Waals surface area contributed by atoms with E-state index in [1.807, 2.05) is 18.4 Å². The molecular weight excluding hydrogens is 164 g/mol. The van der Waals surface area contributed by atoms with E-state index in [1.165, 1.54) is 0 Å². The van der Waals surface area contributed by atoms with Gasteiger partial charge in [-0.05, 0) is 13.5 Å². The summed E-state index contributed by atoms with van der Waals surface area (Å²) in [6.07, 6.45) is 3.48. The van der Waals surface area contributed by atoms with Gasteiger partial charge in [-0.2, -0.15) is 5.26 Å². The highest BCUT2D eigenvalue weighted by Gasteiger charge is 2.12. The first kappa shape index (κ1) is 9.75. The molecule has 13 heavy (non-hydrogen) atoms. The van der Waals surface area contributed by atoms with Crippen molar-refractivity contribution in [2.24, 2.45) is 0 Å². The summed E-state index contributed by atoms with van der Waals surface area (Å²) < 4.78 is 1.97. The molecule has 70 valence electrons. The van der Waals surface area contributed by atoms with Gasteiger partial charge in [-0.15, -0.1) is 0 Å². The fourth-order valence-corrected chi connectivity index (χ4v) is 1.26. The summed E-state index contributed by atoms with van der Waals surface area (Å²) in [5.74, 6) is 0. The number of aryl methyl sites for hydroxylation is 1. The molecule has 1 N–H and O–H groups in total. The molecule has 1 heterocycles. The average molecular weight is 178 g/mol. The summed E-state index contributed by atoms with van der Waals surface area (Å²) in [6.45, 7) is 5.65. The van der Waals surface area contributed by atoms with Crippen LogP contribution in [0.4, 0.5) is 0 Å². The topological polar surface area (TPSA) is 53.6 Å². The van der Waals surface area contributed by atoms with Crippen LogP contribution >= 0.6 is 0 Å². The third kappa shape index (κ3) is 2.07. The lowest BCUT2D eigenvalue weighted by Gasteiger charge is -2.11. The molecule has 4 nitrogen and oxygen atoms in total. The Bertz CT molecular complexity index is 297. The number of nitrogens with one attached hydrogen (secondary N) is 1. The van der Waals surface area contributed by atoms with Gasteiger partial charge in [-0.25, -0.2) is 4.98 Å². The molecule has 0 aliphatic rings. The van der Waals surface area contributed by atoms with Gasteiger partial charge in [-0.1, -0.05) is 6.92 Å². The van der Waals surface area contributed by atoms with E-state index < -0.39 is 0 Å². The van der Waals surface area contributed by atoms with Crippen LogP contribution in [0.25, 0.3) is 0 Å². The number of rotatable bonds is 4. The maximum Gasteiger partial charge on any atom is 0.138 e.